The minimum absolute atomic E-state index is 0.170. The molecule has 0 bridgehead atoms. The van der Waals surface area contributed by atoms with E-state index in [4.69, 9.17) is 9.47 Å². The standard InChI is InChI=1S/C19H22N2O3S/c1-3-11-24-15-8-7-14(12-16(15)23-2)13-17-18(22)20-19(25-17)21-9-5-4-6-10-21/h3,7-8,12-13H,1,4-6,9-11H2,2H3/b17-13+. The zero-order chi connectivity index (χ0) is 17.6. The highest BCUT2D eigenvalue weighted by Gasteiger charge is 2.26. The molecule has 2 aliphatic rings. The highest BCUT2D eigenvalue weighted by molar-refractivity contribution is 8.18. The van der Waals surface area contributed by atoms with Crippen LogP contribution in [-0.2, 0) is 4.79 Å². The zero-order valence-corrected chi connectivity index (χ0v) is 15.2. The molecule has 0 aliphatic carbocycles. The van der Waals surface area contributed by atoms with Crippen LogP contribution in [0, 0.1) is 0 Å². The summed E-state index contributed by atoms with van der Waals surface area (Å²) >= 11 is 1.45. The first-order chi connectivity index (χ1) is 12.2. The fourth-order valence-corrected chi connectivity index (χ4v) is 3.78. The van der Waals surface area contributed by atoms with Crippen molar-refractivity contribution in [2.45, 2.75) is 19.3 Å². The molecule has 1 aromatic rings. The molecule has 0 spiro atoms. The first kappa shape index (κ1) is 17.6. The minimum Gasteiger partial charge on any atom is -0.493 e. The summed E-state index contributed by atoms with van der Waals surface area (Å²) in [4.78, 5) is 19.3. The maximum Gasteiger partial charge on any atom is 0.286 e. The Morgan fingerprint density at radius 1 is 1.28 bits per heavy atom. The van der Waals surface area contributed by atoms with Crippen molar-refractivity contribution >= 4 is 28.9 Å². The number of carbonyl (C=O) groups is 1. The van der Waals surface area contributed by atoms with Crippen molar-refractivity contribution in [2.24, 2.45) is 4.99 Å². The van der Waals surface area contributed by atoms with Gasteiger partial charge in [-0.1, -0.05) is 18.7 Å². The number of rotatable bonds is 5. The largest absolute Gasteiger partial charge is 0.493 e. The third kappa shape index (κ3) is 4.25. The second-order valence-electron chi connectivity index (χ2n) is 5.87. The Morgan fingerprint density at radius 2 is 2.08 bits per heavy atom. The smallest absolute Gasteiger partial charge is 0.286 e. The Bertz CT molecular complexity index is 721. The number of aliphatic imine (C=N–C) groups is 1. The van der Waals surface area contributed by atoms with Gasteiger partial charge in [-0.25, -0.2) is 0 Å². The lowest BCUT2D eigenvalue weighted by Gasteiger charge is -2.27. The molecule has 5 nitrogen and oxygen atoms in total. The third-order valence-electron chi connectivity index (χ3n) is 4.08. The molecule has 1 saturated heterocycles. The predicted octanol–water partition coefficient (Wildman–Crippen LogP) is 3.72. The molecule has 0 aromatic heterocycles. The van der Waals surface area contributed by atoms with Gasteiger partial charge in [-0.3, -0.25) is 4.79 Å². The first-order valence-electron chi connectivity index (χ1n) is 8.40. The van der Waals surface area contributed by atoms with E-state index in [-0.39, 0.29) is 5.91 Å². The molecular formula is C19H22N2O3S. The van der Waals surface area contributed by atoms with Gasteiger partial charge in [-0.15, -0.1) is 0 Å². The summed E-state index contributed by atoms with van der Waals surface area (Å²) in [5, 5.41) is 0.828. The number of methoxy groups -OCH3 is 1. The van der Waals surface area contributed by atoms with Crippen LogP contribution in [-0.4, -0.2) is 42.8 Å². The topological polar surface area (TPSA) is 51.1 Å². The maximum atomic E-state index is 12.2. The third-order valence-corrected chi connectivity index (χ3v) is 5.12. The molecule has 0 unspecified atom stereocenters. The number of thioether (sulfide) groups is 1. The summed E-state index contributed by atoms with van der Waals surface area (Å²) in [6.45, 7) is 6.02. The number of carbonyl (C=O) groups excluding carboxylic acids is 1. The fourth-order valence-electron chi connectivity index (χ4n) is 2.81. The van der Waals surface area contributed by atoms with Crippen LogP contribution >= 0.6 is 11.8 Å². The van der Waals surface area contributed by atoms with Crippen LogP contribution in [0.1, 0.15) is 24.8 Å². The summed E-state index contributed by atoms with van der Waals surface area (Å²) in [6.07, 6.45) is 7.12. The number of amidine groups is 1. The van der Waals surface area contributed by atoms with Gasteiger partial charge in [0, 0.05) is 13.1 Å². The van der Waals surface area contributed by atoms with Crippen molar-refractivity contribution in [3.8, 4) is 11.5 Å². The summed E-state index contributed by atoms with van der Waals surface area (Å²) in [5.41, 5.74) is 0.883. The molecule has 1 fully saturated rings. The monoisotopic (exact) mass is 358 g/mol. The van der Waals surface area contributed by atoms with Crippen LogP contribution in [0.2, 0.25) is 0 Å². The van der Waals surface area contributed by atoms with Crippen molar-refractivity contribution in [3.05, 3.63) is 41.3 Å². The predicted molar refractivity (Wildman–Crippen MR) is 102 cm³/mol. The lowest BCUT2D eigenvalue weighted by atomic mass is 10.1. The van der Waals surface area contributed by atoms with E-state index >= 15 is 0 Å². The number of nitrogens with zero attached hydrogens (tertiary/aromatic N) is 2. The lowest BCUT2D eigenvalue weighted by molar-refractivity contribution is -0.113. The van der Waals surface area contributed by atoms with Crippen LogP contribution in [0.4, 0.5) is 0 Å². The van der Waals surface area contributed by atoms with E-state index in [1.165, 1.54) is 18.2 Å². The number of hydrogen-bond donors (Lipinski definition) is 0. The average molecular weight is 358 g/mol. The van der Waals surface area contributed by atoms with Crippen LogP contribution in [0.15, 0.2) is 40.8 Å². The molecule has 0 saturated carbocycles. The normalized spacial score (nSPS) is 19.1. The molecule has 0 radical (unpaired) electrons. The average Bonchev–Trinajstić information content (AvgIpc) is 3.02. The van der Waals surface area contributed by atoms with Crippen LogP contribution in [0.5, 0.6) is 11.5 Å². The molecule has 2 heterocycles. The Labute approximate surface area is 152 Å². The first-order valence-corrected chi connectivity index (χ1v) is 9.22. The van der Waals surface area contributed by atoms with Crippen LogP contribution in [0.25, 0.3) is 6.08 Å². The van der Waals surface area contributed by atoms with Gasteiger partial charge in [-0.2, -0.15) is 4.99 Å². The van der Waals surface area contributed by atoms with E-state index in [9.17, 15) is 4.79 Å². The number of ether oxygens (including phenoxy) is 2. The Balaban J connectivity index is 1.74. The number of benzene rings is 1. The Morgan fingerprint density at radius 3 is 2.80 bits per heavy atom. The van der Waals surface area contributed by atoms with Crippen molar-refractivity contribution < 1.29 is 14.3 Å². The summed E-state index contributed by atoms with van der Waals surface area (Å²) in [7, 11) is 1.60. The van der Waals surface area contributed by atoms with E-state index in [1.54, 1.807) is 13.2 Å². The minimum atomic E-state index is -0.170. The maximum absolute atomic E-state index is 12.2. The summed E-state index contributed by atoms with van der Waals surface area (Å²) in [6, 6.07) is 5.60. The van der Waals surface area contributed by atoms with Gasteiger partial charge < -0.3 is 14.4 Å². The van der Waals surface area contributed by atoms with Crippen LogP contribution < -0.4 is 9.47 Å². The van der Waals surface area contributed by atoms with Gasteiger partial charge in [0.05, 0.1) is 12.0 Å². The molecule has 3 rings (SSSR count). The Hall–Kier alpha value is -2.21. The second kappa shape index (κ2) is 8.25. The van der Waals surface area contributed by atoms with Gasteiger partial charge in [0.2, 0.25) is 0 Å². The quantitative estimate of drug-likeness (QED) is 0.593. The van der Waals surface area contributed by atoms with Gasteiger partial charge in [0.15, 0.2) is 16.7 Å². The highest BCUT2D eigenvalue weighted by atomic mass is 32.2. The highest BCUT2D eigenvalue weighted by Crippen LogP contribution is 2.34. The van der Waals surface area contributed by atoms with E-state index in [1.807, 2.05) is 24.3 Å². The van der Waals surface area contributed by atoms with Gasteiger partial charge in [-0.05, 0) is 54.8 Å². The zero-order valence-electron chi connectivity index (χ0n) is 14.4. The molecule has 0 atom stereocenters. The number of hydrogen-bond acceptors (Lipinski definition) is 5. The van der Waals surface area contributed by atoms with Crippen LogP contribution in [0.3, 0.4) is 0 Å². The molecule has 132 valence electrons. The van der Waals surface area contributed by atoms with E-state index < -0.39 is 0 Å². The van der Waals surface area contributed by atoms with E-state index in [2.05, 4.69) is 16.5 Å². The number of likely N-dealkylation sites (tertiary alicyclic amines) is 1. The molecule has 2 aliphatic heterocycles. The number of amides is 1. The molecular weight excluding hydrogens is 336 g/mol. The van der Waals surface area contributed by atoms with Crippen molar-refractivity contribution in [1.82, 2.24) is 4.90 Å². The van der Waals surface area contributed by atoms with Gasteiger partial charge in [0.25, 0.3) is 5.91 Å². The summed E-state index contributed by atoms with van der Waals surface area (Å²) in [5.74, 6) is 1.11. The van der Waals surface area contributed by atoms with Gasteiger partial charge >= 0.3 is 0 Å². The van der Waals surface area contributed by atoms with Crippen molar-refractivity contribution in [1.29, 1.82) is 0 Å². The van der Waals surface area contributed by atoms with E-state index in [0.717, 1.165) is 36.7 Å². The Kier molecular flexibility index (Phi) is 5.81. The molecule has 0 N–H and O–H groups in total. The molecule has 6 heteroatoms. The second-order valence-corrected chi connectivity index (χ2v) is 6.88. The van der Waals surface area contributed by atoms with Crippen molar-refractivity contribution in [3.63, 3.8) is 0 Å². The molecule has 1 aromatic carbocycles. The fraction of sp³-hybridized carbons (Fsp3) is 0.368. The SMILES string of the molecule is C=CCOc1ccc(/C=C2/SC(N3CCCCC3)=NC2=O)cc1OC. The number of piperidine rings is 1. The molecule has 25 heavy (non-hydrogen) atoms. The molecule has 1 amide bonds. The summed E-state index contributed by atoms with van der Waals surface area (Å²) < 4.78 is 10.9. The van der Waals surface area contributed by atoms with E-state index in [0.29, 0.717) is 23.0 Å². The van der Waals surface area contributed by atoms with Gasteiger partial charge in [0.1, 0.15) is 6.61 Å². The van der Waals surface area contributed by atoms with Crippen molar-refractivity contribution in [2.75, 3.05) is 26.8 Å². The lowest BCUT2D eigenvalue weighted by Crippen LogP contribution is -2.33.